The number of rotatable bonds is 61. The SMILES string of the molecule is CCCCC/C=C\C/C=C\C/C=C\CCCCCCCCC(=O)OC(COC(=O)CCCCCCCCCCCCCC)COC(=O)CCCCCCCCCCCCCCCCCCCCCCCCCCC. The first-order chi connectivity index (χ1) is 36.5. The quantitative estimate of drug-likeness (QED) is 0.0261. The summed E-state index contributed by atoms with van der Waals surface area (Å²) in [6.07, 6.45) is 77.3. The van der Waals surface area contributed by atoms with E-state index < -0.39 is 6.10 Å². The maximum absolute atomic E-state index is 12.9. The second-order valence-corrected chi connectivity index (χ2v) is 22.4. The van der Waals surface area contributed by atoms with Gasteiger partial charge in [-0.25, -0.2) is 0 Å². The third-order valence-corrected chi connectivity index (χ3v) is 14.9. The zero-order valence-electron chi connectivity index (χ0n) is 49.9. The van der Waals surface area contributed by atoms with Gasteiger partial charge in [-0.05, 0) is 57.8 Å². The van der Waals surface area contributed by atoms with Crippen molar-refractivity contribution in [2.45, 2.75) is 367 Å². The fourth-order valence-corrected chi connectivity index (χ4v) is 9.92. The van der Waals surface area contributed by atoms with Gasteiger partial charge in [-0.1, -0.05) is 320 Å². The summed E-state index contributed by atoms with van der Waals surface area (Å²) in [6.45, 7) is 6.66. The number of unbranched alkanes of at least 4 members (excludes halogenated alkanes) is 44. The van der Waals surface area contributed by atoms with E-state index in [1.165, 1.54) is 244 Å². The minimum absolute atomic E-state index is 0.0723. The lowest BCUT2D eigenvalue weighted by Gasteiger charge is -2.18. The monoisotopic (exact) mass is 1040 g/mol. The number of ether oxygens (including phenoxy) is 3. The van der Waals surface area contributed by atoms with Gasteiger partial charge in [0.15, 0.2) is 6.10 Å². The van der Waals surface area contributed by atoms with Gasteiger partial charge in [-0.2, -0.15) is 0 Å². The van der Waals surface area contributed by atoms with Crippen LogP contribution in [0.4, 0.5) is 0 Å². The van der Waals surface area contributed by atoms with Crippen LogP contribution in [0.25, 0.3) is 0 Å². The van der Waals surface area contributed by atoms with Crippen molar-refractivity contribution in [2.24, 2.45) is 0 Å². The van der Waals surface area contributed by atoms with Crippen LogP contribution in [0.1, 0.15) is 361 Å². The normalized spacial score (nSPS) is 12.2. The molecule has 0 aliphatic carbocycles. The molecule has 434 valence electrons. The molecule has 0 saturated carbocycles. The smallest absolute Gasteiger partial charge is 0.306 e. The lowest BCUT2D eigenvalue weighted by atomic mass is 10.0. The number of carbonyl (C=O) groups excluding carboxylic acids is 3. The minimum Gasteiger partial charge on any atom is -0.462 e. The van der Waals surface area contributed by atoms with Gasteiger partial charge >= 0.3 is 17.9 Å². The summed E-state index contributed by atoms with van der Waals surface area (Å²) in [4.78, 5) is 38.3. The Labute approximate surface area is 461 Å². The van der Waals surface area contributed by atoms with Crippen LogP contribution in [-0.2, 0) is 28.6 Å². The van der Waals surface area contributed by atoms with Crippen molar-refractivity contribution in [2.75, 3.05) is 13.2 Å². The lowest BCUT2D eigenvalue weighted by Crippen LogP contribution is -2.30. The summed E-state index contributed by atoms with van der Waals surface area (Å²) in [5, 5.41) is 0. The Bertz CT molecular complexity index is 1240. The molecule has 0 amide bonds. The molecule has 0 spiro atoms. The third kappa shape index (κ3) is 60.5. The van der Waals surface area contributed by atoms with Crippen molar-refractivity contribution < 1.29 is 28.6 Å². The molecule has 0 heterocycles. The van der Waals surface area contributed by atoms with Crippen LogP contribution in [-0.4, -0.2) is 37.2 Å². The molecular formula is C68H126O6. The second kappa shape index (κ2) is 63.2. The van der Waals surface area contributed by atoms with E-state index in [1.54, 1.807) is 0 Å². The highest BCUT2D eigenvalue weighted by Gasteiger charge is 2.19. The summed E-state index contributed by atoms with van der Waals surface area (Å²) >= 11 is 0. The maximum Gasteiger partial charge on any atom is 0.306 e. The molecule has 0 fully saturated rings. The van der Waals surface area contributed by atoms with Gasteiger partial charge in [-0.3, -0.25) is 14.4 Å². The lowest BCUT2D eigenvalue weighted by molar-refractivity contribution is -0.167. The molecule has 0 N–H and O–H groups in total. The molecule has 0 aromatic carbocycles. The van der Waals surface area contributed by atoms with E-state index in [1.807, 2.05) is 0 Å². The fourth-order valence-electron chi connectivity index (χ4n) is 9.92. The van der Waals surface area contributed by atoms with E-state index in [4.69, 9.17) is 14.2 Å². The number of allylic oxidation sites excluding steroid dienone is 6. The highest BCUT2D eigenvalue weighted by molar-refractivity contribution is 5.71. The highest BCUT2D eigenvalue weighted by atomic mass is 16.6. The van der Waals surface area contributed by atoms with Gasteiger partial charge in [0.2, 0.25) is 0 Å². The van der Waals surface area contributed by atoms with E-state index in [-0.39, 0.29) is 31.1 Å². The largest absolute Gasteiger partial charge is 0.462 e. The molecular weight excluding hydrogens is 913 g/mol. The summed E-state index contributed by atoms with van der Waals surface area (Å²) in [5.41, 5.74) is 0. The molecule has 1 unspecified atom stereocenters. The van der Waals surface area contributed by atoms with Crippen LogP contribution in [0.3, 0.4) is 0 Å². The van der Waals surface area contributed by atoms with Crippen molar-refractivity contribution in [3.8, 4) is 0 Å². The first-order valence-electron chi connectivity index (χ1n) is 33.0. The Balaban J connectivity index is 4.23. The Kier molecular flexibility index (Phi) is 61.1. The van der Waals surface area contributed by atoms with Gasteiger partial charge in [-0.15, -0.1) is 0 Å². The third-order valence-electron chi connectivity index (χ3n) is 14.9. The van der Waals surface area contributed by atoms with E-state index in [0.29, 0.717) is 19.3 Å². The first kappa shape index (κ1) is 71.6. The second-order valence-electron chi connectivity index (χ2n) is 22.4. The van der Waals surface area contributed by atoms with Crippen molar-refractivity contribution in [1.29, 1.82) is 0 Å². The molecule has 0 bridgehead atoms. The van der Waals surface area contributed by atoms with Crippen LogP contribution in [0.5, 0.6) is 0 Å². The Morgan fingerprint density at radius 3 is 0.784 bits per heavy atom. The van der Waals surface area contributed by atoms with Crippen LogP contribution < -0.4 is 0 Å². The van der Waals surface area contributed by atoms with Crippen LogP contribution in [0.2, 0.25) is 0 Å². The highest BCUT2D eigenvalue weighted by Crippen LogP contribution is 2.18. The molecule has 0 aromatic heterocycles. The molecule has 0 aromatic rings. The molecule has 0 saturated heterocycles. The zero-order valence-corrected chi connectivity index (χ0v) is 49.9. The van der Waals surface area contributed by atoms with Gasteiger partial charge in [0.1, 0.15) is 13.2 Å². The number of carbonyl (C=O) groups is 3. The summed E-state index contributed by atoms with van der Waals surface area (Å²) in [7, 11) is 0. The first-order valence-corrected chi connectivity index (χ1v) is 33.0. The topological polar surface area (TPSA) is 78.9 Å². The van der Waals surface area contributed by atoms with Crippen LogP contribution in [0.15, 0.2) is 36.5 Å². The molecule has 6 heteroatoms. The molecule has 0 aliphatic rings. The Morgan fingerprint density at radius 1 is 0.270 bits per heavy atom. The van der Waals surface area contributed by atoms with Crippen molar-refractivity contribution in [3.63, 3.8) is 0 Å². The summed E-state index contributed by atoms with van der Waals surface area (Å²) in [5.74, 6) is -0.860. The van der Waals surface area contributed by atoms with E-state index in [9.17, 15) is 14.4 Å². The molecule has 0 radical (unpaired) electrons. The summed E-state index contributed by atoms with van der Waals surface area (Å²) in [6, 6.07) is 0. The Hall–Kier alpha value is -2.37. The van der Waals surface area contributed by atoms with E-state index in [2.05, 4.69) is 57.2 Å². The predicted octanol–water partition coefficient (Wildman–Crippen LogP) is 22.4. The van der Waals surface area contributed by atoms with Gasteiger partial charge in [0.25, 0.3) is 0 Å². The Morgan fingerprint density at radius 2 is 0.486 bits per heavy atom. The zero-order chi connectivity index (χ0) is 53.6. The molecule has 6 nitrogen and oxygen atoms in total. The van der Waals surface area contributed by atoms with E-state index in [0.717, 1.165) is 77.0 Å². The van der Waals surface area contributed by atoms with Gasteiger partial charge in [0.05, 0.1) is 0 Å². The minimum atomic E-state index is -0.776. The van der Waals surface area contributed by atoms with Crippen molar-refractivity contribution >= 4 is 17.9 Å². The maximum atomic E-state index is 12.9. The molecule has 0 rings (SSSR count). The molecule has 1 atom stereocenters. The summed E-state index contributed by atoms with van der Waals surface area (Å²) < 4.78 is 16.9. The van der Waals surface area contributed by atoms with Crippen LogP contribution >= 0.6 is 0 Å². The number of esters is 3. The van der Waals surface area contributed by atoms with Gasteiger partial charge < -0.3 is 14.2 Å². The molecule has 74 heavy (non-hydrogen) atoms. The fraction of sp³-hybridized carbons (Fsp3) is 0.868. The number of hydrogen-bond donors (Lipinski definition) is 0. The van der Waals surface area contributed by atoms with Crippen molar-refractivity contribution in [3.05, 3.63) is 36.5 Å². The van der Waals surface area contributed by atoms with Crippen molar-refractivity contribution in [1.82, 2.24) is 0 Å². The standard InChI is InChI=1S/C68H126O6/c1-4-7-10-13-16-19-22-25-27-29-31-32-33-34-35-36-38-39-41-43-46-49-52-55-58-61-67(70)73-64-65(63-72-66(69)60-57-54-51-48-45-24-21-18-15-12-9-6-3)74-68(71)62-59-56-53-50-47-44-42-40-37-30-28-26-23-20-17-14-11-8-5-2/h17,20,26,28,37,40,65H,4-16,18-19,21-25,27,29-36,38-39,41-64H2,1-3H3/b20-17-,28-26-,40-37-. The average molecular weight is 1040 g/mol. The van der Waals surface area contributed by atoms with Gasteiger partial charge in [0, 0.05) is 19.3 Å². The number of hydrogen-bond acceptors (Lipinski definition) is 6. The predicted molar refractivity (Wildman–Crippen MR) is 321 cm³/mol. The average Bonchev–Trinajstić information content (AvgIpc) is 3.40. The van der Waals surface area contributed by atoms with Crippen LogP contribution in [0, 0.1) is 0 Å². The molecule has 0 aliphatic heterocycles. The van der Waals surface area contributed by atoms with E-state index >= 15 is 0 Å².